The lowest BCUT2D eigenvalue weighted by Crippen LogP contribution is -2.27. The van der Waals surface area contributed by atoms with E-state index in [0.717, 1.165) is 12.1 Å². The van der Waals surface area contributed by atoms with Crippen molar-refractivity contribution in [3.8, 4) is 5.75 Å². The van der Waals surface area contributed by atoms with Gasteiger partial charge in [-0.15, -0.1) is 0 Å². The Labute approximate surface area is 84.8 Å². The van der Waals surface area contributed by atoms with Gasteiger partial charge in [-0.3, -0.25) is 4.79 Å². The molecule has 0 radical (unpaired) electrons. The number of alkyl halides is 2. The minimum atomic E-state index is -3.53. The standard InChI is InChI=1S/C11H8F2O2/c1-6-4-7(14)5-9-8(6)2-3-10(15)11(9,12)13/h2-5,14H,1H3. The van der Waals surface area contributed by atoms with Crippen molar-refractivity contribution < 1.29 is 18.7 Å². The van der Waals surface area contributed by atoms with Crippen LogP contribution < -0.4 is 0 Å². The van der Waals surface area contributed by atoms with E-state index in [-0.39, 0.29) is 5.75 Å². The maximum Gasteiger partial charge on any atom is 0.335 e. The summed E-state index contributed by atoms with van der Waals surface area (Å²) >= 11 is 0. The predicted molar refractivity (Wildman–Crippen MR) is 50.8 cm³/mol. The van der Waals surface area contributed by atoms with Crippen molar-refractivity contribution in [2.24, 2.45) is 0 Å². The highest BCUT2D eigenvalue weighted by Gasteiger charge is 2.43. The minimum Gasteiger partial charge on any atom is -0.508 e. The zero-order valence-electron chi connectivity index (χ0n) is 7.92. The van der Waals surface area contributed by atoms with Gasteiger partial charge >= 0.3 is 5.92 Å². The van der Waals surface area contributed by atoms with Gasteiger partial charge in [0.2, 0.25) is 5.78 Å². The third-order valence-corrected chi connectivity index (χ3v) is 2.42. The molecule has 1 N–H and O–H groups in total. The lowest BCUT2D eigenvalue weighted by Gasteiger charge is -2.21. The number of halogens is 2. The molecule has 1 aliphatic rings. The van der Waals surface area contributed by atoms with Gasteiger partial charge in [-0.05, 0) is 36.3 Å². The van der Waals surface area contributed by atoms with E-state index in [4.69, 9.17) is 0 Å². The highest BCUT2D eigenvalue weighted by molar-refractivity contribution is 6.03. The van der Waals surface area contributed by atoms with Gasteiger partial charge in [-0.25, -0.2) is 0 Å². The number of phenols is 1. The highest BCUT2D eigenvalue weighted by Crippen LogP contribution is 2.39. The zero-order valence-corrected chi connectivity index (χ0v) is 7.92. The number of ketones is 1. The molecule has 0 saturated heterocycles. The van der Waals surface area contributed by atoms with Crippen molar-refractivity contribution in [3.05, 3.63) is 34.9 Å². The number of fused-ring (bicyclic) bond motifs is 1. The maximum atomic E-state index is 13.4. The van der Waals surface area contributed by atoms with Crippen molar-refractivity contribution in [3.63, 3.8) is 0 Å². The molecular formula is C11H8F2O2. The van der Waals surface area contributed by atoms with E-state index in [1.54, 1.807) is 6.92 Å². The van der Waals surface area contributed by atoms with Gasteiger partial charge in [0.05, 0.1) is 0 Å². The molecule has 0 heterocycles. The third-order valence-electron chi connectivity index (χ3n) is 2.42. The molecule has 1 aromatic carbocycles. The van der Waals surface area contributed by atoms with Gasteiger partial charge in [0.1, 0.15) is 5.75 Å². The number of allylic oxidation sites excluding steroid dienone is 1. The first kappa shape index (κ1) is 9.83. The van der Waals surface area contributed by atoms with Gasteiger partial charge in [-0.1, -0.05) is 6.08 Å². The van der Waals surface area contributed by atoms with Crippen LogP contribution in [0.4, 0.5) is 8.78 Å². The van der Waals surface area contributed by atoms with E-state index in [1.807, 2.05) is 0 Å². The summed E-state index contributed by atoms with van der Waals surface area (Å²) in [5, 5.41) is 9.22. The van der Waals surface area contributed by atoms with E-state index >= 15 is 0 Å². The number of phenolic OH excluding ortho intramolecular Hbond substituents is 1. The lowest BCUT2D eigenvalue weighted by molar-refractivity contribution is -0.139. The molecule has 15 heavy (non-hydrogen) atoms. The maximum absolute atomic E-state index is 13.4. The molecule has 0 unspecified atom stereocenters. The number of aryl methyl sites for hydroxylation is 1. The average Bonchev–Trinajstić information content (AvgIpc) is 2.12. The molecule has 78 valence electrons. The summed E-state index contributed by atoms with van der Waals surface area (Å²) in [7, 11) is 0. The molecule has 0 aliphatic heterocycles. The van der Waals surface area contributed by atoms with Crippen molar-refractivity contribution in [1.82, 2.24) is 0 Å². The van der Waals surface area contributed by atoms with Crippen LogP contribution >= 0.6 is 0 Å². The van der Waals surface area contributed by atoms with E-state index in [0.29, 0.717) is 11.1 Å². The molecule has 0 bridgehead atoms. The minimum absolute atomic E-state index is 0.256. The molecule has 2 rings (SSSR count). The summed E-state index contributed by atoms with van der Waals surface area (Å²) in [5.41, 5.74) is 0.401. The average molecular weight is 210 g/mol. The van der Waals surface area contributed by atoms with Gasteiger partial charge in [0.25, 0.3) is 0 Å². The number of carbonyl (C=O) groups is 1. The number of hydrogen-bond acceptors (Lipinski definition) is 2. The monoisotopic (exact) mass is 210 g/mol. The fraction of sp³-hybridized carbons (Fsp3) is 0.182. The van der Waals surface area contributed by atoms with Crippen LogP contribution in [-0.2, 0) is 10.7 Å². The summed E-state index contributed by atoms with van der Waals surface area (Å²) < 4.78 is 26.9. The second kappa shape index (κ2) is 2.89. The SMILES string of the molecule is Cc1cc(O)cc2c1C=CC(=O)C2(F)F. The molecule has 0 fully saturated rings. The molecule has 1 aromatic rings. The van der Waals surface area contributed by atoms with Crippen molar-refractivity contribution in [2.45, 2.75) is 12.8 Å². The Morgan fingerprint density at radius 3 is 2.60 bits per heavy atom. The Kier molecular flexibility index (Phi) is 1.89. The lowest BCUT2D eigenvalue weighted by atomic mass is 9.90. The predicted octanol–water partition coefficient (Wildman–Crippen LogP) is 2.39. The van der Waals surface area contributed by atoms with E-state index in [2.05, 4.69) is 0 Å². The fourth-order valence-electron chi connectivity index (χ4n) is 1.66. The van der Waals surface area contributed by atoms with Crippen LogP contribution in [0.3, 0.4) is 0 Å². The zero-order chi connectivity index (χ0) is 11.2. The van der Waals surface area contributed by atoms with Gasteiger partial charge < -0.3 is 5.11 Å². The molecule has 0 spiro atoms. The largest absolute Gasteiger partial charge is 0.508 e. The summed E-state index contributed by atoms with van der Waals surface area (Å²) in [4.78, 5) is 11.0. The van der Waals surface area contributed by atoms with Crippen molar-refractivity contribution >= 4 is 11.9 Å². The molecule has 0 atom stereocenters. The van der Waals surface area contributed by atoms with Crippen LogP contribution in [-0.4, -0.2) is 10.9 Å². The topological polar surface area (TPSA) is 37.3 Å². The molecule has 4 heteroatoms. The Hall–Kier alpha value is -1.71. The Bertz CT molecular complexity index is 476. The molecular weight excluding hydrogens is 202 g/mol. The second-order valence-corrected chi connectivity index (χ2v) is 3.50. The molecule has 0 aromatic heterocycles. The quantitative estimate of drug-likeness (QED) is 0.713. The van der Waals surface area contributed by atoms with E-state index in [1.165, 1.54) is 12.1 Å². The van der Waals surface area contributed by atoms with E-state index < -0.39 is 17.3 Å². The summed E-state index contributed by atoms with van der Waals surface area (Å²) in [6.07, 6.45) is 2.22. The molecule has 0 saturated carbocycles. The van der Waals surface area contributed by atoms with Gasteiger partial charge in [-0.2, -0.15) is 8.78 Å². The summed E-state index contributed by atoms with van der Waals surface area (Å²) in [6.45, 7) is 1.61. The van der Waals surface area contributed by atoms with Crippen LogP contribution in [0, 0.1) is 6.92 Å². The summed E-state index contributed by atoms with van der Waals surface area (Å²) in [5.74, 6) is -5.04. The first-order valence-corrected chi connectivity index (χ1v) is 4.37. The molecule has 1 aliphatic carbocycles. The third kappa shape index (κ3) is 1.33. The number of rotatable bonds is 0. The number of hydrogen-bond donors (Lipinski definition) is 1. The van der Waals surface area contributed by atoms with Crippen molar-refractivity contribution in [2.75, 3.05) is 0 Å². The van der Waals surface area contributed by atoms with Crippen molar-refractivity contribution in [1.29, 1.82) is 0 Å². The van der Waals surface area contributed by atoms with Crippen LogP contribution in [0.1, 0.15) is 16.7 Å². The first-order chi connectivity index (χ1) is 6.93. The number of aromatic hydroxyl groups is 1. The molecule has 0 amide bonds. The smallest absolute Gasteiger partial charge is 0.335 e. The van der Waals surface area contributed by atoms with Crippen LogP contribution in [0.15, 0.2) is 18.2 Å². The highest BCUT2D eigenvalue weighted by atomic mass is 19.3. The van der Waals surface area contributed by atoms with Gasteiger partial charge in [0.15, 0.2) is 0 Å². The number of carbonyl (C=O) groups excluding carboxylic acids is 1. The number of benzene rings is 1. The van der Waals surface area contributed by atoms with Gasteiger partial charge in [0, 0.05) is 5.56 Å². The van der Waals surface area contributed by atoms with Crippen LogP contribution in [0.2, 0.25) is 0 Å². The fourth-order valence-corrected chi connectivity index (χ4v) is 1.66. The normalized spacial score (nSPS) is 17.7. The Balaban J connectivity index is 2.76. The first-order valence-electron chi connectivity index (χ1n) is 4.37. The van der Waals surface area contributed by atoms with Crippen LogP contribution in [0.25, 0.3) is 6.08 Å². The van der Waals surface area contributed by atoms with E-state index in [9.17, 15) is 18.7 Å². The Morgan fingerprint density at radius 2 is 1.93 bits per heavy atom. The molecule has 2 nitrogen and oxygen atoms in total. The van der Waals surface area contributed by atoms with Crippen LogP contribution in [0.5, 0.6) is 5.75 Å². The Morgan fingerprint density at radius 1 is 1.27 bits per heavy atom. The summed E-state index contributed by atoms with van der Waals surface area (Å²) in [6, 6.07) is 2.32. The second-order valence-electron chi connectivity index (χ2n) is 3.50.